The third kappa shape index (κ3) is 7.44. The Labute approximate surface area is 229 Å². The molecule has 1 aliphatic heterocycles. The first-order valence-corrected chi connectivity index (χ1v) is 13.1. The molecule has 1 aromatic heterocycles. The summed E-state index contributed by atoms with van der Waals surface area (Å²) in [6.07, 6.45) is -6.52. The van der Waals surface area contributed by atoms with Gasteiger partial charge in [0.15, 0.2) is 0 Å². The van der Waals surface area contributed by atoms with Crippen LogP contribution in [0.3, 0.4) is 0 Å². The number of anilines is 2. The number of carbonyl (C=O) groups is 3. The number of morpholine rings is 1. The van der Waals surface area contributed by atoms with Crippen LogP contribution in [0.15, 0.2) is 30.3 Å². The number of ether oxygens (including phenoxy) is 1. The highest BCUT2D eigenvalue weighted by Gasteiger charge is 2.40. The predicted octanol–water partition coefficient (Wildman–Crippen LogP) is 4.25. The maximum absolute atomic E-state index is 13.9. The van der Waals surface area contributed by atoms with Gasteiger partial charge in [0.25, 0.3) is 18.2 Å². The molecule has 15 heteroatoms. The SMILES string of the molecule is O=C(NC[C@H](C(=O)Nc1ccc(N2CCOCC2=O)c(C(F)(F)F)c1)N(CC(F)F)C1CC1)c1ccc(Cl)s1. The summed E-state index contributed by atoms with van der Waals surface area (Å²) in [5.41, 5.74) is -1.78. The van der Waals surface area contributed by atoms with E-state index in [1.807, 2.05) is 0 Å². The minimum atomic E-state index is -4.86. The smallest absolute Gasteiger partial charge is 0.370 e. The highest BCUT2D eigenvalue weighted by Crippen LogP contribution is 2.39. The van der Waals surface area contributed by atoms with Crippen LogP contribution in [0.4, 0.5) is 33.3 Å². The number of alkyl halides is 5. The summed E-state index contributed by atoms with van der Waals surface area (Å²) in [5.74, 6) is -2.08. The Morgan fingerprint density at radius 2 is 1.95 bits per heavy atom. The van der Waals surface area contributed by atoms with E-state index in [1.165, 1.54) is 23.1 Å². The average Bonchev–Trinajstić information content (AvgIpc) is 3.62. The zero-order valence-electron chi connectivity index (χ0n) is 20.3. The fourth-order valence-electron chi connectivity index (χ4n) is 4.24. The molecule has 1 saturated carbocycles. The largest absolute Gasteiger partial charge is 0.418 e. The molecule has 4 rings (SSSR count). The van der Waals surface area contributed by atoms with Gasteiger partial charge in [0.05, 0.1) is 33.6 Å². The molecular weight excluding hydrogens is 571 g/mol. The molecule has 0 radical (unpaired) electrons. The van der Waals surface area contributed by atoms with Gasteiger partial charge in [-0.3, -0.25) is 19.3 Å². The summed E-state index contributed by atoms with van der Waals surface area (Å²) < 4.78 is 73.9. The van der Waals surface area contributed by atoms with E-state index in [9.17, 15) is 36.3 Å². The first-order chi connectivity index (χ1) is 18.4. The van der Waals surface area contributed by atoms with Gasteiger partial charge in [0.2, 0.25) is 5.91 Å². The monoisotopic (exact) mass is 594 g/mol. The van der Waals surface area contributed by atoms with E-state index in [1.54, 1.807) is 0 Å². The molecule has 2 N–H and O–H groups in total. The van der Waals surface area contributed by atoms with Crippen molar-refractivity contribution in [1.82, 2.24) is 10.2 Å². The second-order valence-corrected chi connectivity index (χ2v) is 10.7. The van der Waals surface area contributed by atoms with E-state index in [2.05, 4.69) is 10.6 Å². The van der Waals surface area contributed by atoms with Crippen molar-refractivity contribution in [2.75, 3.05) is 43.1 Å². The molecule has 3 amide bonds. The van der Waals surface area contributed by atoms with Crippen LogP contribution in [0, 0.1) is 0 Å². The van der Waals surface area contributed by atoms with E-state index in [-0.39, 0.29) is 48.6 Å². The topological polar surface area (TPSA) is 91.0 Å². The van der Waals surface area contributed by atoms with Crippen molar-refractivity contribution in [3.63, 3.8) is 0 Å². The van der Waals surface area contributed by atoms with Gasteiger partial charge in [-0.2, -0.15) is 13.2 Å². The van der Waals surface area contributed by atoms with Gasteiger partial charge in [-0.25, -0.2) is 8.78 Å². The van der Waals surface area contributed by atoms with Crippen molar-refractivity contribution in [2.45, 2.75) is 37.5 Å². The Morgan fingerprint density at radius 1 is 1.21 bits per heavy atom. The summed E-state index contributed by atoms with van der Waals surface area (Å²) >= 11 is 6.84. The second kappa shape index (κ2) is 12.1. The Balaban J connectivity index is 1.57. The molecule has 1 aromatic carbocycles. The van der Waals surface area contributed by atoms with Crippen LogP contribution in [0.25, 0.3) is 0 Å². The Kier molecular flexibility index (Phi) is 9.09. The van der Waals surface area contributed by atoms with E-state index >= 15 is 0 Å². The third-order valence-electron chi connectivity index (χ3n) is 6.17. The van der Waals surface area contributed by atoms with E-state index in [4.69, 9.17) is 16.3 Å². The number of amides is 3. The van der Waals surface area contributed by atoms with Crippen LogP contribution >= 0.6 is 22.9 Å². The molecule has 2 fully saturated rings. The van der Waals surface area contributed by atoms with E-state index in [0.29, 0.717) is 23.2 Å². The lowest BCUT2D eigenvalue weighted by atomic mass is 10.1. The van der Waals surface area contributed by atoms with Crippen LogP contribution in [-0.4, -0.2) is 74.0 Å². The molecule has 212 valence electrons. The Bertz CT molecular complexity index is 1220. The summed E-state index contributed by atoms with van der Waals surface area (Å²) in [7, 11) is 0. The molecular formula is C24H24ClF5N4O4S. The lowest BCUT2D eigenvalue weighted by molar-refractivity contribution is -0.137. The third-order valence-corrected chi connectivity index (χ3v) is 7.40. The Morgan fingerprint density at radius 3 is 2.54 bits per heavy atom. The first-order valence-electron chi connectivity index (χ1n) is 11.9. The molecule has 1 atom stereocenters. The molecule has 2 heterocycles. The van der Waals surface area contributed by atoms with Gasteiger partial charge in [-0.15, -0.1) is 11.3 Å². The highest BCUT2D eigenvalue weighted by molar-refractivity contribution is 7.18. The van der Waals surface area contributed by atoms with Gasteiger partial charge >= 0.3 is 6.18 Å². The number of halogens is 6. The zero-order chi connectivity index (χ0) is 28.3. The van der Waals surface area contributed by atoms with Crippen LogP contribution in [0.2, 0.25) is 4.34 Å². The normalized spacial score (nSPS) is 17.0. The molecule has 0 unspecified atom stereocenters. The van der Waals surface area contributed by atoms with Gasteiger partial charge in [-0.05, 0) is 43.2 Å². The lowest BCUT2D eigenvalue weighted by Crippen LogP contribution is -2.53. The fraction of sp³-hybridized carbons (Fsp3) is 0.458. The van der Waals surface area contributed by atoms with Crippen molar-refractivity contribution < 1.29 is 41.1 Å². The quantitative estimate of drug-likeness (QED) is 0.402. The molecule has 39 heavy (non-hydrogen) atoms. The molecule has 8 nitrogen and oxygen atoms in total. The molecule has 2 aromatic rings. The van der Waals surface area contributed by atoms with E-state index in [0.717, 1.165) is 22.3 Å². The second-order valence-electron chi connectivity index (χ2n) is 8.97. The summed E-state index contributed by atoms with van der Waals surface area (Å²) in [6, 6.07) is 4.30. The number of nitrogens with one attached hydrogen (secondary N) is 2. The number of hydrogen-bond acceptors (Lipinski definition) is 6. The molecule has 2 aliphatic rings. The number of rotatable bonds is 10. The number of thiophene rings is 1. The molecule has 1 saturated heterocycles. The van der Waals surface area contributed by atoms with Crippen molar-refractivity contribution >= 4 is 52.0 Å². The minimum absolute atomic E-state index is 0.0632. The molecule has 0 spiro atoms. The number of carbonyl (C=O) groups excluding carboxylic acids is 3. The molecule has 0 bridgehead atoms. The lowest BCUT2D eigenvalue weighted by Gasteiger charge is -2.31. The average molecular weight is 595 g/mol. The van der Waals surface area contributed by atoms with Crippen molar-refractivity contribution in [2.24, 2.45) is 0 Å². The summed E-state index contributed by atoms with van der Waals surface area (Å²) in [5, 5.41) is 4.91. The van der Waals surface area contributed by atoms with E-state index < -0.39 is 48.5 Å². The maximum Gasteiger partial charge on any atom is 0.418 e. The van der Waals surface area contributed by atoms with Crippen LogP contribution in [0.5, 0.6) is 0 Å². The van der Waals surface area contributed by atoms with Crippen LogP contribution < -0.4 is 15.5 Å². The minimum Gasteiger partial charge on any atom is -0.370 e. The van der Waals surface area contributed by atoms with Gasteiger partial charge in [-0.1, -0.05) is 11.6 Å². The van der Waals surface area contributed by atoms with Crippen LogP contribution in [-0.2, 0) is 20.5 Å². The standard InChI is InChI=1S/C24H24ClF5N4O4S/c25-19-6-5-18(39-19)23(37)31-10-17(34(11-20(26)27)14-2-3-14)22(36)32-13-1-4-16(15(9-13)24(28,29)30)33-7-8-38-12-21(33)35/h1,4-6,9,14,17,20H,2-3,7-8,10-12H2,(H,31,37)(H,32,36)/t17-/m1/s1. The fourth-order valence-corrected chi connectivity index (χ4v) is 5.20. The van der Waals surface area contributed by atoms with Crippen molar-refractivity contribution in [3.8, 4) is 0 Å². The van der Waals surface area contributed by atoms with Gasteiger partial charge < -0.3 is 20.3 Å². The summed E-state index contributed by atoms with van der Waals surface area (Å²) in [4.78, 5) is 40.4. The summed E-state index contributed by atoms with van der Waals surface area (Å²) in [6.45, 7) is -1.49. The number of benzene rings is 1. The zero-order valence-corrected chi connectivity index (χ0v) is 21.8. The highest BCUT2D eigenvalue weighted by atomic mass is 35.5. The van der Waals surface area contributed by atoms with Gasteiger partial charge in [0.1, 0.15) is 12.6 Å². The number of nitrogens with zero attached hydrogens (tertiary/aromatic N) is 2. The van der Waals surface area contributed by atoms with Crippen molar-refractivity contribution in [1.29, 1.82) is 0 Å². The first kappa shape index (κ1) is 29.2. The van der Waals surface area contributed by atoms with Crippen molar-refractivity contribution in [3.05, 3.63) is 45.1 Å². The number of hydrogen-bond donors (Lipinski definition) is 2. The van der Waals surface area contributed by atoms with Crippen LogP contribution in [0.1, 0.15) is 28.1 Å². The molecule has 1 aliphatic carbocycles. The Hall–Kier alpha value is -2.81. The van der Waals surface area contributed by atoms with Gasteiger partial charge in [0, 0.05) is 24.8 Å². The predicted molar refractivity (Wildman–Crippen MR) is 134 cm³/mol. The maximum atomic E-state index is 13.9.